The van der Waals surface area contributed by atoms with E-state index < -0.39 is 17.7 Å². The molecule has 2 aromatic rings. The number of carbonyl (C=O) groups is 2. The van der Waals surface area contributed by atoms with Crippen LogP contribution in [-0.2, 0) is 14.3 Å². The number of para-hydroxylation sites is 1. The van der Waals surface area contributed by atoms with Crippen molar-refractivity contribution in [1.29, 1.82) is 0 Å². The summed E-state index contributed by atoms with van der Waals surface area (Å²) in [5, 5.41) is 0. The molecular formula is C21H18FNO4. The maximum atomic E-state index is 13.7. The van der Waals surface area contributed by atoms with Crippen LogP contribution in [0.2, 0.25) is 0 Å². The molecule has 2 heterocycles. The Kier molecular flexibility index (Phi) is 4.39. The molecule has 0 radical (unpaired) electrons. The molecule has 0 saturated carbocycles. The number of cyclic esters (lactones) is 1. The van der Waals surface area contributed by atoms with E-state index in [1.807, 2.05) is 31.2 Å². The van der Waals surface area contributed by atoms with Crippen molar-refractivity contribution >= 4 is 17.6 Å². The van der Waals surface area contributed by atoms with Crippen molar-refractivity contribution in [1.82, 2.24) is 0 Å². The quantitative estimate of drug-likeness (QED) is 0.776. The third-order valence-corrected chi connectivity index (χ3v) is 4.78. The van der Waals surface area contributed by atoms with Gasteiger partial charge in [0.2, 0.25) is 5.91 Å². The summed E-state index contributed by atoms with van der Waals surface area (Å²) >= 11 is 0. The minimum absolute atomic E-state index is 0.0102. The first-order valence-electron chi connectivity index (χ1n) is 8.80. The van der Waals surface area contributed by atoms with Gasteiger partial charge in [0.25, 0.3) is 0 Å². The Morgan fingerprint density at radius 1 is 1.19 bits per heavy atom. The van der Waals surface area contributed by atoms with E-state index in [1.165, 1.54) is 23.1 Å². The molecule has 1 amide bonds. The molecule has 27 heavy (non-hydrogen) atoms. The average Bonchev–Trinajstić information content (AvgIpc) is 3.03. The predicted octanol–water partition coefficient (Wildman–Crippen LogP) is 3.56. The number of rotatable bonds is 4. The van der Waals surface area contributed by atoms with Crippen LogP contribution in [0.5, 0.6) is 5.75 Å². The largest absolute Gasteiger partial charge is 0.494 e. The fraction of sp³-hybridized carbons (Fsp3) is 0.238. The van der Waals surface area contributed by atoms with Crippen LogP contribution in [0.15, 0.2) is 59.8 Å². The fourth-order valence-electron chi connectivity index (χ4n) is 3.69. The Morgan fingerprint density at radius 3 is 2.78 bits per heavy atom. The van der Waals surface area contributed by atoms with E-state index in [0.717, 1.165) is 5.56 Å². The smallest absolute Gasteiger partial charge is 0.336 e. The Morgan fingerprint density at radius 2 is 2.00 bits per heavy atom. The zero-order valence-electron chi connectivity index (χ0n) is 14.8. The first kappa shape index (κ1) is 17.3. The Labute approximate surface area is 156 Å². The number of hydrogen-bond donors (Lipinski definition) is 0. The maximum absolute atomic E-state index is 13.7. The van der Waals surface area contributed by atoms with Crippen LogP contribution in [0.3, 0.4) is 0 Å². The Bertz CT molecular complexity index is 953. The fourth-order valence-corrected chi connectivity index (χ4v) is 3.69. The van der Waals surface area contributed by atoms with Crippen LogP contribution >= 0.6 is 0 Å². The molecule has 2 aromatic carbocycles. The lowest BCUT2D eigenvalue weighted by atomic mass is 9.83. The number of benzene rings is 2. The lowest BCUT2D eigenvalue weighted by Gasteiger charge is -2.32. The first-order chi connectivity index (χ1) is 13.1. The second-order valence-corrected chi connectivity index (χ2v) is 6.37. The van der Waals surface area contributed by atoms with Gasteiger partial charge in [0.05, 0.1) is 23.6 Å². The minimum atomic E-state index is -0.449. The molecule has 6 heteroatoms. The summed E-state index contributed by atoms with van der Waals surface area (Å²) < 4.78 is 24.6. The molecule has 0 bridgehead atoms. The molecule has 0 fully saturated rings. The third-order valence-electron chi connectivity index (χ3n) is 4.78. The number of anilines is 1. The van der Waals surface area contributed by atoms with Gasteiger partial charge in [0, 0.05) is 17.9 Å². The van der Waals surface area contributed by atoms with E-state index in [0.29, 0.717) is 29.3 Å². The second kappa shape index (κ2) is 6.87. The van der Waals surface area contributed by atoms with Crippen LogP contribution in [0.4, 0.5) is 10.1 Å². The van der Waals surface area contributed by atoms with Crippen molar-refractivity contribution in [3.63, 3.8) is 0 Å². The Hall–Kier alpha value is -3.15. The van der Waals surface area contributed by atoms with E-state index in [1.54, 1.807) is 6.07 Å². The maximum Gasteiger partial charge on any atom is 0.336 e. The molecule has 138 valence electrons. The van der Waals surface area contributed by atoms with Crippen LogP contribution in [0.25, 0.3) is 0 Å². The number of ether oxygens (including phenoxy) is 2. The Balaban J connectivity index is 1.84. The normalized spacial score (nSPS) is 19.2. The summed E-state index contributed by atoms with van der Waals surface area (Å²) in [6.45, 7) is 2.34. The number of carbonyl (C=O) groups excluding carboxylic acids is 2. The van der Waals surface area contributed by atoms with Gasteiger partial charge in [-0.2, -0.15) is 0 Å². The van der Waals surface area contributed by atoms with Crippen LogP contribution in [-0.4, -0.2) is 25.1 Å². The highest BCUT2D eigenvalue weighted by Gasteiger charge is 2.43. The van der Waals surface area contributed by atoms with Gasteiger partial charge in [-0.3, -0.25) is 9.69 Å². The molecule has 0 spiro atoms. The monoisotopic (exact) mass is 367 g/mol. The lowest BCUT2D eigenvalue weighted by Crippen LogP contribution is -2.37. The molecule has 2 aliphatic heterocycles. The van der Waals surface area contributed by atoms with Gasteiger partial charge < -0.3 is 9.47 Å². The molecule has 0 aromatic heterocycles. The number of hydrogen-bond acceptors (Lipinski definition) is 4. The standard InChI is InChI=1S/C21H18FNO4/c1-2-26-18-9-4-3-8-15(18)16-11-19(24)23(14-7-5-6-13(22)10-14)17-12-27-21(25)20(16)17/h3-10,16H,2,11-12H2,1H3/t16-/m1/s1. The van der Waals surface area contributed by atoms with E-state index in [4.69, 9.17) is 9.47 Å². The topological polar surface area (TPSA) is 55.8 Å². The van der Waals surface area contributed by atoms with Gasteiger partial charge >= 0.3 is 5.97 Å². The number of halogens is 1. The van der Waals surface area contributed by atoms with Crippen LogP contribution < -0.4 is 9.64 Å². The summed E-state index contributed by atoms with van der Waals surface area (Å²) in [6, 6.07) is 13.1. The lowest BCUT2D eigenvalue weighted by molar-refractivity contribution is -0.136. The summed E-state index contributed by atoms with van der Waals surface area (Å²) in [6.07, 6.45) is 0.0779. The van der Waals surface area contributed by atoms with Gasteiger partial charge in [-0.05, 0) is 31.2 Å². The summed E-state index contributed by atoms with van der Waals surface area (Å²) in [7, 11) is 0. The highest BCUT2D eigenvalue weighted by atomic mass is 19.1. The average molecular weight is 367 g/mol. The molecule has 0 N–H and O–H groups in total. The number of nitrogens with zero attached hydrogens (tertiary/aromatic N) is 1. The van der Waals surface area contributed by atoms with Gasteiger partial charge in [-0.1, -0.05) is 24.3 Å². The second-order valence-electron chi connectivity index (χ2n) is 6.37. The molecule has 1 atom stereocenters. The SMILES string of the molecule is CCOc1ccccc1[C@H]1CC(=O)N(c2cccc(F)c2)C2=C1C(=O)OC2. The van der Waals surface area contributed by atoms with E-state index >= 15 is 0 Å². The van der Waals surface area contributed by atoms with Crippen LogP contribution in [0, 0.1) is 5.82 Å². The van der Waals surface area contributed by atoms with Crippen molar-refractivity contribution in [3.8, 4) is 5.75 Å². The summed E-state index contributed by atoms with van der Waals surface area (Å²) in [4.78, 5) is 26.8. The molecule has 5 nitrogen and oxygen atoms in total. The van der Waals surface area contributed by atoms with Crippen LogP contribution in [0.1, 0.15) is 24.8 Å². The van der Waals surface area contributed by atoms with Crippen molar-refractivity contribution in [2.75, 3.05) is 18.1 Å². The molecule has 0 aliphatic carbocycles. The third kappa shape index (κ3) is 2.97. The van der Waals surface area contributed by atoms with Gasteiger partial charge in [-0.25, -0.2) is 9.18 Å². The van der Waals surface area contributed by atoms with Gasteiger partial charge in [-0.15, -0.1) is 0 Å². The zero-order valence-corrected chi connectivity index (χ0v) is 14.8. The highest BCUT2D eigenvalue weighted by Crippen LogP contribution is 2.44. The van der Waals surface area contributed by atoms with Crippen molar-refractivity contribution in [2.24, 2.45) is 0 Å². The molecular weight excluding hydrogens is 349 g/mol. The van der Waals surface area contributed by atoms with E-state index in [9.17, 15) is 14.0 Å². The van der Waals surface area contributed by atoms with Crippen molar-refractivity contribution in [2.45, 2.75) is 19.3 Å². The van der Waals surface area contributed by atoms with E-state index in [-0.39, 0.29) is 18.9 Å². The predicted molar refractivity (Wildman–Crippen MR) is 96.8 cm³/mol. The summed E-state index contributed by atoms with van der Waals surface area (Å²) in [5.41, 5.74) is 2.07. The molecule has 0 saturated heterocycles. The summed E-state index contributed by atoms with van der Waals surface area (Å²) in [5.74, 6) is -0.917. The molecule has 0 unspecified atom stereocenters. The van der Waals surface area contributed by atoms with Crippen molar-refractivity contribution in [3.05, 3.63) is 71.2 Å². The van der Waals surface area contributed by atoms with Gasteiger partial charge in [0.1, 0.15) is 18.2 Å². The first-order valence-corrected chi connectivity index (χ1v) is 8.80. The van der Waals surface area contributed by atoms with Crippen molar-refractivity contribution < 1.29 is 23.5 Å². The van der Waals surface area contributed by atoms with Gasteiger partial charge in [0.15, 0.2) is 0 Å². The number of esters is 1. The minimum Gasteiger partial charge on any atom is -0.494 e. The zero-order chi connectivity index (χ0) is 19.0. The molecule has 4 rings (SSSR count). The van der Waals surface area contributed by atoms with E-state index in [2.05, 4.69) is 0 Å². The highest BCUT2D eigenvalue weighted by molar-refractivity contribution is 6.06. The molecule has 2 aliphatic rings. The number of amides is 1.